The van der Waals surface area contributed by atoms with Gasteiger partial charge in [0.05, 0.1) is 11.9 Å². The van der Waals surface area contributed by atoms with E-state index in [4.69, 9.17) is 11.6 Å². The summed E-state index contributed by atoms with van der Waals surface area (Å²) in [4.78, 5) is 28.0. The van der Waals surface area contributed by atoms with Crippen molar-refractivity contribution in [1.82, 2.24) is 10.2 Å². The Bertz CT molecular complexity index is 1120. The maximum absolute atomic E-state index is 13.5. The van der Waals surface area contributed by atoms with Gasteiger partial charge in [0.2, 0.25) is 21.8 Å². The minimum atomic E-state index is -3.76. The van der Waals surface area contributed by atoms with Crippen LogP contribution in [0.25, 0.3) is 0 Å². The zero-order valence-corrected chi connectivity index (χ0v) is 22.4. The highest BCUT2D eigenvalue weighted by molar-refractivity contribution is 9.10. The molecule has 10 heteroatoms. The molecule has 1 aliphatic rings. The Kier molecular flexibility index (Phi) is 9.01. The standard InChI is InChI=1S/C24H29BrClN3O4S/c1-17(24(31)27-21-7-3-4-8-21)28(15-18-10-12-20(26)13-11-18)23(30)16-29(34(2,32)33)22-9-5-6-19(25)14-22/h5-6,9-14,17,21H,3-4,7-8,15-16H2,1-2H3,(H,27,31)/t17-/m0/s1. The molecule has 2 aromatic carbocycles. The van der Waals surface area contributed by atoms with Gasteiger partial charge in [-0.05, 0) is 55.7 Å². The summed E-state index contributed by atoms with van der Waals surface area (Å²) in [5, 5.41) is 3.60. The van der Waals surface area contributed by atoms with Gasteiger partial charge < -0.3 is 10.2 Å². The first kappa shape index (κ1) is 26.5. The van der Waals surface area contributed by atoms with E-state index in [1.165, 1.54) is 4.90 Å². The summed E-state index contributed by atoms with van der Waals surface area (Å²) in [6, 6.07) is 13.1. The Labute approximate surface area is 214 Å². The summed E-state index contributed by atoms with van der Waals surface area (Å²) in [7, 11) is -3.76. The molecule has 1 atom stereocenters. The first-order chi connectivity index (χ1) is 16.0. The number of hydrogen-bond acceptors (Lipinski definition) is 4. The van der Waals surface area contributed by atoms with E-state index in [0.717, 1.165) is 41.8 Å². The summed E-state index contributed by atoms with van der Waals surface area (Å²) < 4.78 is 26.9. The molecule has 7 nitrogen and oxygen atoms in total. The van der Waals surface area contributed by atoms with E-state index >= 15 is 0 Å². The molecule has 3 rings (SSSR count). The van der Waals surface area contributed by atoms with E-state index in [1.807, 2.05) is 0 Å². The van der Waals surface area contributed by atoms with Crippen molar-refractivity contribution in [2.24, 2.45) is 0 Å². The molecule has 184 valence electrons. The lowest BCUT2D eigenvalue weighted by atomic mass is 10.1. The van der Waals surface area contributed by atoms with E-state index in [2.05, 4.69) is 21.2 Å². The molecule has 1 aliphatic carbocycles. The maximum Gasteiger partial charge on any atom is 0.244 e. The van der Waals surface area contributed by atoms with Gasteiger partial charge in [0.25, 0.3) is 0 Å². The number of halogens is 2. The van der Waals surface area contributed by atoms with E-state index in [1.54, 1.807) is 55.5 Å². The lowest BCUT2D eigenvalue weighted by Crippen LogP contribution is -2.52. The van der Waals surface area contributed by atoms with Gasteiger partial charge in [0, 0.05) is 22.1 Å². The van der Waals surface area contributed by atoms with Crippen LogP contribution in [0, 0.1) is 0 Å². The summed E-state index contributed by atoms with van der Waals surface area (Å²) in [5.74, 6) is -0.725. The van der Waals surface area contributed by atoms with Crippen LogP contribution < -0.4 is 9.62 Å². The van der Waals surface area contributed by atoms with Crippen molar-refractivity contribution in [2.75, 3.05) is 17.1 Å². The Morgan fingerprint density at radius 3 is 2.38 bits per heavy atom. The van der Waals surface area contributed by atoms with Crippen molar-refractivity contribution >= 4 is 55.1 Å². The third-order valence-corrected chi connectivity index (χ3v) is 7.80. The number of anilines is 1. The molecule has 0 unspecified atom stereocenters. The molecule has 0 aromatic heterocycles. The van der Waals surface area contributed by atoms with Crippen LogP contribution in [0.4, 0.5) is 5.69 Å². The van der Waals surface area contributed by atoms with E-state index in [0.29, 0.717) is 15.2 Å². The predicted octanol–water partition coefficient (Wildman–Crippen LogP) is 4.34. The molecule has 1 fully saturated rings. The Balaban J connectivity index is 1.87. The van der Waals surface area contributed by atoms with Crippen LogP contribution in [0.3, 0.4) is 0 Å². The summed E-state index contributed by atoms with van der Waals surface area (Å²) in [6.45, 7) is 1.39. The zero-order chi connectivity index (χ0) is 24.9. The Hall–Kier alpha value is -2.10. The molecular weight excluding hydrogens is 542 g/mol. The highest BCUT2D eigenvalue weighted by atomic mass is 79.9. The van der Waals surface area contributed by atoms with E-state index < -0.39 is 28.5 Å². The number of benzene rings is 2. The second-order valence-corrected chi connectivity index (χ2v) is 11.8. The molecule has 0 bridgehead atoms. The number of nitrogens with zero attached hydrogens (tertiary/aromatic N) is 2. The number of rotatable bonds is 9. The van der Waals surface area contributed by atoms with Crippen LogP contribution >= 0.6 is 27.5 Å². The normalized spacial score (nSPS) is 15.1. The lowest BCUT2D eigenvalue weighted by Gasteiger charge is -2.32. The van der Waals surface area contributed by atoms with Gasteiger partial charge in [0.1, 0.15) is 12.6 Å². The fourth-order valence-electron chi connectivity index (χ4n) is 4.01. The smallest absolute Gasteiger partial charge is 0.244 e. The van der Waals surface area contributed by atoms with Crippen LogP contribution in [0.15, 0.2) is 53.0 Å². The van der Waals surface area contributed by atoms with Gasteiger partial charge >= 0.3 is 0 Å². The first-order valence-electron chi connectivity index (χ1n) is 11.1. The van der Waals surface area contributed by atoms with Crippen molar-refractivity contribution in [3.8, 4) is 0 Å². The quantitative estimate of drug-likeness (QED) is 0.486. The van der Waals surface area contributed by atoms with Crippen LogP contribution in [0.2, 0.25) is 5.02 Å². The molecular formula is C24H29BrClN3O4S. The zero-order valence-electron chi connectivity index (χ0n) is 19.2. The molecule has 2 aromatic rings. The highest BCUT2D eigenvalue weighted by Crippen LogP contribution is 2.23. The first-order valence-corrected chi connectivity index (χ1v) is 14.1. The molecule has 0 spiro atoms. The van der Waals surface area contributed by atoms with Crippen molar-refractivity contribution in [3.05, 3.63) is 63.6 Å². The van der Waals surface area contributed by atoms with Crippen molar-refractivity contribution in [3.63, 3.8) is 0 Å². The summed E-state index contributed by atoms with van der Waals surface area (Å²) >= 11 is 9.34. The Morgan fingerprint density at radius 2 is 1.79 bits per heavy atom. The largest absolute Gasteiger partial charge is 0.352 e. The van der Waals surface area contributed by atoms with Crippen LogP contribution in [-0.4, -0.2) is 50.0 Å². The number of carbonyl (C=O) groups is 2. The molecule has 34 heavy (non-hydrogen) atoms. The highest BCUT2D eigenvalue weighted by Gasteiger charge is 2.31. The van der Waals surface area contributed by atoms with Crippen molar-refractivity contribution in [1.29, 1.82) is 0 Å². The minimum absolute atomic E-state index is 0.108. The molecule has 2 amide bonds. The SMILES string of the molecule is C[C@@H](C(=O)NC1CCCC1)N(Cc1ccc(Cl)cc1)C(=O)CN(c1cccc(Br)c1)S(C)(=O)=O. The number of amides is 2. The van der Waals surface area contributed by atoms with Gasteiger partial charge in [-0.2, -0.15) is 0 Å². The van der Waals surface area contributed by atoms with Crippen LogP contribution in [-0.2, 0) is 26.2 Å². The third-order valence-electron chi connectivity index (χ3n) is 5.91. The second kappa shape index (κ2) is 11.6. The molecule has 0 heterocycles. The number of nitrogens with one attached hydrogen (secondary N) is 1. The minimum Gasteiger partial charge on any atom is -0.352 e. The van der Waals surface area contributed by atoms with Gasteiger partial charge in [-0.25, -0.2) is 8.42 Å². The van der Waals surface area contributed by atoms with E-state index in [9.17, 15) is 18.0 Å². The Morgan fingerprint density at radius 1 is 1.15 bits per heavy atom. The topological polar surface area (TPSA) is 86.8 Å². The number of hydrogen-bond donors (Lipinski definition) is 1. The predicted molar refractivity (Wildman–Crippen MR) is 138 cm³/mol. The fraction of sp³-hybridized carbons (Fsp3) is 0.417. The fourth-order valence-corrected chi connectivity index (χ4v) is 5.36. The monoisotopic (exact) mass is 569 g/mol. The molecule has 0 aliphatic heterocycles. The lowest BCUT2D eigenvalue weighted by molar-refractivity contribution is -0.139. The number of sulfonamides is 1. The van der Waals surface area contributed by atoms with Crippen LogP contribution in [0.5, 0.6) is 0 Å². The molecule has 0 radical (unpaired) electrons. The maximum atomic E-state index is 13.5. The average Bonchev–Trinajstić information content (AvgIpc) is 3.28. The summed E-state index contributed by atoms with van der Waals surface area (Å²) in [5.41, 5.74) is 1.14. The molecule has 1 saturated carbocycles. The van der Waals surface area contributed by atoms with Gasteiger partial charge in [-0.15, -0.1) is 0 Å². The van der Waals surface area contributed by atoms with Gasteiger partial charge in [-0.1, -0.05) is 58.6 Å². The summed E-state index contributed by atoms with van der Waals surface area (Å²) in [6.07, 6.45) is 5.05. The second-order valence-electron chi connectivity index (χ2n) is 8.56. The third kappa shape index (κ3) is 7.20. The van der Waals surface area contributed by atoms with E-state index in [-0.39, 0.29) is 18.5 Å². The van der Waals surface area contributed by atoms with Crippen LogP contribution in [0.1, 0.15) is 38.2 Å². The molecule has 0 saturated heterocycles. The molecule has 1 N–H and O–H groups in total. The van der Waals surface area contributed by atoms with Crippen molar-refractivity contribution < 1.29 is 18.0 Å². The van der Waals surface area contributed by atoms with Gasteiger partial charge in [-0.3, -0.25) is 13.9 Å². The van der Waals surface area contributed by atoms with Crippen molar-refractivity contribution in [2.45, 2.75) is 51.2 Å². The van der Waals surface area contributed by atoms with Gasteiger partial charge in [0.15, 0.2) is 0 Å². The average molecular weight is 571 g/mol. The number of carbonyl (C=O) groups excluding carboxylic acids is 2.